The molecule has 0 aliphatic heterocycles. The Morgan fingerprint density at radius 1 is 1.10 bits per heavy atom. The van der Waals surface area contributed by atoms with E-state index in [1.807, 2.05) is 0 Å². The molecule has 10 heteroatoms. The van der Waals surface area contributed by atoms with Crippen molar-refractivity contribution < 1.29 is 36.4 Å². The molecule has 1 atom stereocenters. The van der Waals surface area contributed by atoms with Crippen LogP contribution in [0.1, 0.15) is 11.1 Å². The normalized spacial score (nSPS) is 15.8. The van der Waals surface area contributed by atoms with Gasteiger partial charge in [0.2, 0.25) is 6.54 Å². The molecule has 0 heterocycles. The highest BCUT2D eigenvalue weighted by atomic mass is 19.4. The van der Waals surface area contributed by atoms with Crippen molar-refractivity contribution in [2.24, 2.45) is 0 Å². The number of alkyl halides is 6. The minimum absolute atomic E-state index is 0.0387. The molecular formula is C10H7F6NO3. The van der Waals surface area contributed by atoms with Gasteiger partial charge in [-0.3, -0.25) is 10.1 Å². The second-order valence-corrected chi connectivity index (χ2v) is 3.93. The van der Waals surface area contributed by atoms with Crippen molar-refractivity contribution >= 4 is 0 Å². The third kappa shape index (κ3) is 3.18. The second kappa shape index (κ2) is 4.93. The summed E-state index contributed by atoms with van der Waals surface area (Å²) in [7, 11) is 0. The molecule has 20 heavy (non-hydrogen) atoms. The third-order valence-corrected chi connectivity index (χ3v) is 2.49. The van der Waals surface area contributed by atoms with Crippen LogP contribution in [0.25, 0.3) is 0 Å². The highest BCUT2D eigenvalue weighted by molar-refractivity contribution is 5.31. The number of hydrogen-bond acceptors (Lipinski definition) is 3. The second-order valence-electron chi connectivity index (χ2n) is 3.93. The molecule has 0 spiro atoms. The smallest absolute Gasteiger partial charge is 0.371 e. The molecule has 1 aromatic rings. The first kappa shape index (κ1) is 16.2. The van der Waals surface area contributed by atoms with E-state index in [0.717, 1.165) is 0 Å². The number of nitrogens with zero attached hydrogens (tertiary/aromatic N) is 1. The van der Waals surface area contributed by atoms with Crippen LogP contribution in [-0.4, -0.2) is 22.8 Å². The average molecular weight is 303 g/mol. The largest absolute Gasteiger partial charge is 0.428 e. The highest BCUT2D eigenvalue weighted by Gasteiger charge is 2.59. The molecule has 0 aromatic heterocycles. The highest BCUT2D eigenvalue weighted by Crippen LogP contribution is 2.41. The van der Waals surface area contributed by atoms with E-state index in [1.54, 1.807) is 0 Å². The molecule has 0 saturated carbocycles. The quantitative estimate of drug-likeness (QED) is 0.530. The summed E-state index contributed by atoms with van der Waals surface area (Å²) in [5.74, 6) is 0. The molecule has 1 aromatic carbocycles. The van der Waals surface area contributed by atoms with Crippen molar-refractivity contribution in [1.29, 1.82) is 0 Å². The van der Waals surface area contributed by atoms with E-state index in [1.165, 1.54) is 0 Å². The van der Waals surface area contributed by atoms with Gasteiger partial charge in [0.25, 0.3) is 5.60 Å². The van der Waals surface area contributed by atoms with Crippen LogP contribution in [0.15, 0.2) is 24.3 Å². The molecule has 1 N–H and O–H groups in total. The topological polar surface area (TPSA) is 63.4 Å². The van der Waals surface area contributed by atoms with Gasteiger partial charge in [-0.1, -0.05) is 12.1 Å². The molecule has 4 nitrogen and oxygen atoms in total. The molecule has 0 saturated heterocycles. The van der Waals surface area contributed by atoms with Crippen molar-refractivity contribution in [2.75, 3.05) is 6.54 Å². The van der Waals surface area contributed by atoms with Gasteiger partial charge >= 0.3 is 12.4 Å². The molecule has 0 aliphatic carbocycles. The Hall–Kier alpha value is -1.84. The summed E-state index contributed by atoms with van der Waals surface area (Å²) in [5.41, 5.74) is -6.67. The lowest BCUT2D eigenvalue weighted by atomic mass is 9.91. The first-order valence-electron chi connectivity index (χ1n) is 4.96. The van der Waals surface area contributed by atoms with Crippen LogP contribution < -0.4 is 0 Å². The number of hydrogen-bond donors (Lipinski definition) is 1. The van der Waals surface area contributed by atoms with Crippen LogP contribution in [-0.2, 0) is 11.8 Å². The first-order valence-corrected chi connectivity index (χ1v) is 4.96. The lowest BCUT2D eigenvalue weighted by Crippen LogP contribution is -2.47. The fourth-order valence-electron chi connectivity index (χ4n) is 1.48. The summed E-state index contributed by atoms with van der Waals surface area (Å²) in [5, 5.41) is 19.7. The van der Waals surface area contributed by atoms with Crippen molar-refractivity contribution in [3.8, 4) is 0 Å². The van der Waals surface area contributed by atoms with Crippen LogP contribution >= 0.6 is 0 Å². The number of benzene rings is 1. The van der Waals surface area contributed by atoms with Crippen LogP contribution in [0.5, 0.6) is 0 Å². The van der Waals surface area contributed by atoms with Gasteiger partial charge in [0, 0.05) is 10.5 Å². The number of nitro groups is 1. The number of rotatable bonds is 3. The van der Waals surface area contributed by atoms with E-state index in [-0.39, 0.29) is 6.07 Å². The van der Waals surface area contributed by atoms with Crippen LogP contribution in [0, 0.1) is 10.1 Å². The van der Waals surface area contributed by atoms with Crippen molar-refractivity contribution in [3.63, 3.8) is 0 Å². The van der Waals surface area contributed by atoms with Gasteiger partial charge < -0.3 is 5.11 Å². The van der Waals surface area contributed by atoms with E-state index in [9.17, 15) is 41.6 Å². The average Bonchev–Trinajstić information content (AvgIpc) is 2.25. The Labute approximate surface area is 107 Å². The lowest BCUT2D eigenvalue weighted by molar-refractivity contribution is -0.519. The van der Waals surface area contributed by atoms with Gasteiger partial charge in [0.05, 0.1) is 5.56 Å². The van der Waals surface area contributed by atoms with Crippen molar-refractivity contribution in [2.45, 2.75) is 18.0 Å². The standard InChI is InChI=1S/C10H7F6NO3/c11-9(12,13)7-3-1-2-6(4-7)8(18,5-17(19)20)10(14,15)16/h1-4,18H,5H2/t8-/m1/s1. The third-order valence-electron chi connectivity index (χ3n) is 2.49. The van der Waals surface area contributed by atoms with Gasteiger partial charge in [-0.15, -0.1) is 0 Å². The van der Waals surface area contributed by atoms with Gasteiger partial charge in [-0.05, 0) is 12.1 Å². The predicted molar refractivity (Wildman–Crippen MR) is 53.3 cm³/mol. The molecule has 112 valence electrons. The maximum Gasteiger partial charge on any atom is 0.428 e. The summed E-state index contributed by atoms with van der Waals surface area (Å²) in [4.78, 5) is 8.79. The first-order chi connectivity index (χ1) is 8.88. The molecule has 0 amide bonds. The Bertz CT molecular complexity index is 512. The zero-order valence-corrected chi connectivity index (χ0v) is 9.50. The van der Waals surface area contributed by atoms with Gasteiger partial charge in [-0.25, -0.2) is 0 Å². The van der Waals surface area contributed by atoms with Crippen LogP contribution in [0.3, 0.4) is 0 Å². The zero-order chi connectivity index (χ0) is 15.8. The molecule has 0 unspecified atom stereocenters. The fraction of sp³-hybridized carbons (Fsp3) is 0.400. The van der Waals surface area contributed by atoms with E-state index < -0.39 is 40.5 Å². The van der Waals surface area contributed by atoms with Gasteiger partial charge in [-0.2, -0.15) is 26.3 Å². The SMILES string of the molecule is O=[N+]([O-])C[C@@](O)(c1cccc(C(F)(F)F)c1)C(F)(F)F. The Kier molecular flexibility index (Phi) is 3.99. The maximum absolute atomic E-state index is 12.7. The van der Waals surface area contributed by atoms with E-state index in [2.05, 4.69) is 0 Å². The number of halogens is 6. The molecular weight excluding hydrogens is 296 g/mol. The molecule has 0 radical (unpaired) electrons. The summed E-state index contributed by atoms with van der Waals surface area (Å²) >= 11 is 0. The van der Waals surface area contributed by atoms with E-state index in [0.29, 0.717) is 18.2 Å². The Balaban J connectivity index is 3.40. The van der Waals surface area contributed by atoms with E-state index >= 15 is 0 Å². The monoisotopic (exact) mass is 303 g/mol. The molecule has 0 fully saturated rings. The van der Waals surface area contributed by atoms with Gasteiger partial charge in [0.1, 0.15) is 0 Å². The fourth-order valence-corrected chi connectivity index (χ4v) is 1.48. The molecule has 0 aliphatic rings. The van der Waals surface area contributed by atoms with Crippen LogP contribution in [0.4, 0.5) is 26.3 Å². The van der Waals surface area contributed by atoms with Crippen molar-refractivity contribution in [1.82, 2.24) is 0 Å². The maximum atomic E-state index is 12.7. The van der Waals surface area contributed by atoms with Crippen LogP contribution in [0.2, 0.25) is 0 Å². The lowest BCUT2D eigenvalue weighted by Gasteiger charge is -2.27. The predicted octanol–water partition coefficient (Wildman–Crippen LogP) is 2.73. The summed E-state index contributed by atoms with van der Waals surface area (Å²) in [6.45, 7) is -1.99. The van der Waals surface area contributed by atoms with E-state index in [4.69, 9.17) is 0 Å². The molecule has 0 bridgehead atoms. The summed E-state index contributed by atoms with van der Waals surface area (Å²) in [6.07, 6.45) is -10.4. The summed E-state index contributed by atoms with van der Waals surface area (Å²) < 4.78 is 75.5. The minimum atomic E-state index is -5.50. The van der Waals surface area contributed by atoms with Crippen molar-refractivity contribution in [3.05, 3.63) is 45.5 Å². The van der Waals surface area contributed by atoms with Gasteiger partial charge in [0.15, 0.2) is 0 Å². The number of aliphatic hydroxyl groups is 1. The summed E-state index contributed by atoms with van der Waals surface area (Å²) in [6, 6.07) is 1.71. The minimum Gasteiger partial charge on any atom is -0.371 e. The zero-order valence-electron chi connectivity index (χ0n) is 9.50. The Morgan fingerprint density at radius 2 is 1.60 bits per heavy atom. The Morgan fingerprint density at radius 3 is 2.00 bits per heavy atom. The molecule has 1 rings (SSSR count).